The molecule has 0 saturated carbocycles. The van der Waals surface area contributed by atoms with E-state index in [-0.39, 0.29) is 5.75 Å². The van der Waals surface area contributed by atoms with Crippen LogP contribution < -0.4 is 5.73 Å². The van der Waals surface area contributed by atoms with Crippen LogP contribution in [0.2, 0.25) is 0 Å². The van der Waals surface area contributed by atoms with E-state index >= 15 is 0 Å². The van der Waals surface area contributed by atoms with E-state index in [1.165, 1.54) is 12.1 Å². The lowest BCUT2D eigenvalue weighted by Crippen LogP contribution is -2.11. The third-order valence-electron chi connectivity index (χ3n) is 2.12. The van der Waals surface area contributed by atoms with Crippen molar-refractivity contribution in [2.75, 3.05) is 0 Å². The van der Waals surface area contributed by atoms with Crippen molar-refractivity contribution in [3.8, 4) is 5.75 Å². The van der Waals surface area contributed by atoms with Gasteiger partial charge in [-0.3, -0.25) is 9.90 Å². The van der Waals surface area contributed by atoms with Gasteiger partial charge in [0.05, 0.1) is 0 Å². The normalized spacial score (nSPS) is 10.3. The average Bonchev–Trinajstić information content (AvgIpc) is 2.16. The highest BCUT2D eigenvalue weighted by molar-refractivity contribution is 6.06. The molecular formula is C11H8NO2. The van der Waals surface area contributed by atoms with Crippen molar-refractivity contribution in [3.63, 3.8) is 0 Å². The van der Waals surface area contributed by atoms with Crippen molar-refractivity contribution in [1.82, 2.24) is 0 Å². The van der Waals surface area contributed by atoms with Gasteiger partial charge in [0.2, 0.25) is 5.91 Å². The molecule has 69 valence electrons. The Balaban J connectivity index is 2.81. The number of primary amides is 1. The number of fused-ring (bicyclic) bond motifs is 1. The zero-order valence-electron chi connectivity index (χ0n) is 7.36. The van der Waals surface area contributed by atoms with Gasteiger partial charge in [-0.2, -0.15) is 0 Å². The Morgan fingerprint density at radius 2 is 1.93 bits per heavy atom. The van der Waals surface area contributed by atoms with Crippen LogP contribution in [-0.4, -0.2) is 5.91 Å². The van der Waals surface area contributed by atoms with E-state index in [0.29, 0.717) is 5.56 Å². The summed E-state index contributed by atoms with van der Waals surface area (Å²) in [5.74, 6) is -0.548. The quantitative estimate of drug-likeness (QED) is 0.728. The van der Waals surface area contributed by atoms with Gasteiger partial charge in [0.1, 0.15) is 0 Å². The molecule has 2 aromatic carbocycles. The van der Waals surface area contributed by atoms with Crippen LogP contribution in [0.5, 0.6) is 5.75 Å². The molecule has 0 aliphatic heterocycles. The maximum Gasteiger partial charge on any atom is 0.249 e. The molecule has 0 bridgehead atoms. The summed E-state index contributed by atoms with van der Waals surface area (Å²) in [6.45, 7) is 0. The molecule has 0 saturated heterocycles. The van der Waals surface area contributed by atoms with Crippen LogP contribution in [-0.2, 0) is 5.11 Å². The minimum atomic E-state index is -0.478. The molecule has 2 N–H and O–H groups in total. The Kier molecular flexibility index (Phi) is 1.85. The molecule has 1 radical (unpaired) electrons. The van der Waals surface area contributed by atoms with Gasteiger partial charge in [-0.05, 0) is 35.0 Å². The summed E-state index contributed by atoms with van der Waals surface area (Å²) in [5.41, 5.74) is 5.65. The van der Waals surface area contributed by atoms with E-state index in [0.717, 1.165) is 10.8 Å². The first-order chi connectivity index (χ1) is 6.68. The van der Waals surface area contributed by atoms with E-state index in [9.17, 15) is 9.90 Å². The van der Waals surface area contributed by atoms with E-state index in [2.05, 4.69) is 0 Å². The lowest BCUT2D eigenvalue weighted by Gasteiger charge is -2.01. The lowest BCUT2D eigenvalue weighted by molar-refractivity contribution is 0.100. The summed E-state index contributed by atoms with van der Waals surface area (Å²) in [6.07, 6.45) is 0. The Morgan fingerprint density at radius 3 is 2.64 bits per heavy atom. The molecule has 1 amide bonds. The monoisotopic (exact) mass is 186 g/mol. The molecule has 14 heavy (non-hydrogen) atoms. The predicted octanol–water partition coefficient (Wildman–Crippen LogP) is 2.08. The van der Waals surface area contributed by atoms with Crippen LogP contribution in [0, 0.1) is 0 Å². The zero-order valence-corrected chi connectivity index (χ0v) is 7.36. The first-order valence-corrected chi connectivity index (χ1v) is 4.18. The molecule has 0 spiro atoms. The number of benzene rings is 2. The van der Waals surface area contributed by atoms with Crippen molar-refractivity contribution >= 4 is 16.7 Å². The average molecular weight is 186 g/mol. The SMILES string of the molecule is NC(=O)c1cccc2cc([O])ccc12. The molecule has 0 heterocycles. The molecule has 3 nitrogen and oxygen atoms in total. The molecule has 2 aromatic rings. The van der Waals surface area contributed by atoms with Gasteiger partial charge in [0, 0.05) is 5.56 Å². The van der Waals surface area contributed by atoms with Crippen molar-refractivity contribution in [2.24, 2.45) is 5.73 Å². The summed E-state index contributed by atoms with van der Waals surface area (Å²) in [6, 6.07) is 9.68. The summed E-state index contributed by atoms with van der Waals surface area (Å²) < 4.78 is 0. The van der Waals surface area contributed by atoms with E-state index in [4.69, 9.17) is 5.73 Å². The second-order valence-electron chi connectivity index (χ2n) is 3.05. The molecule has 3 heteroatoms. The second-order valence-corrected chi connectivity index (χ2v) is 3.05. The highest BCUT2D eigenvalue weighted by Gasteiger charge is 2.05. The minimum absolute atomic E-state index is 0.0703. The van der Waals surface area contributed by atoms with Gasteiger partial charge >= 0.3 is 0 Å². The van der Waals surface area contributed by atoms with Crippen molar-refractivity contribution in [3.05, 3.63) is 42.0 Å². The van der Waals surface area contributed by atoms with Gasteiger partial charge < -0.3 is 5.73 Å². The van der Waals surface area contributed by atoms with Gasteiger partial charge in [0.15, 0.2) is 5.75 Å². The molecule has 0 aliphatic carbocycles. The molecular weight excluding hydrogens is 178 g/mol. The number of rotatable bonds is 1. The number of amides is 1. The fourth-order valence-corrected chi connectivity index (χ4v) is 1.48. The number of hydrogen-bond acceptors (Lipinski definition) is 1. The van der Waals surface area contributed by atoms with Crippen LogP contribution in [0.4, 0.5) is 0 Å². The van der Waals surface area contributed by atoms with Crippen LogP contribution in [0.15, 0.2) is 36.4 Å². The highest BCUT2D eigenvalue weighted by Crippen LogP contribution is 2.22. The first kappa shape index (κ1) is 8.56. The van der Waals surface area contributed by atoms with Crippen LogP contribution >= 0.6 is 0 Å². The fraction of sp³-hybridized carbons (Fsp3) is 0. The molecule has 0 atom stereocenters. The van der Waals surface area contributed by atoms with E-state index in [1.54, 1.807) is 24.3 Å². The molecule has 0 aromatic heterocycles. The first-order valence-electron chi connectivity index (χ1n) is 4.18. The van der Waals surface area contributed by atoms with Gasteiger partial charge in [0.25, 0.3) is 0 Å². The predicted molar refractivity (Wildman–Crippen MR) is 52.6 cm³/mol. The summed E-state index contributed by atoms with van der Waals surface area (Å²) in [5, 5.41) is 12.5. The smallest absolute Gasteiger partial charge is 0.249 e. The van der Waals surface area contributed by atoms with Gasteiger partial charge in [-0.25, -0.2) is 0 Å². The highest BCUT2D eigenvalue weighted by atomic mass is 16.3. The number of hydrogen-bond donors (Lipinski definition) is 1. The molecule has 0 fully saturated rings. The van der Waals surface area contributed by atoms with Crippen LogP contribution in [0.25, 0.3) is 10.8 Å². The van der Waals surface area contributed by atoms with Crippen molar-refractivity contribution in [1.29, 1.82) is 0 Å². The number of nitrogens with two attached hydrogens (primary N) is 1. The largest absolute Gasteiger partial charge is 0.366 e. The van der Waals surface area contributed by atoms with E-state index in [1.807, 2.05) is 0 Å². The minimum Gasteiger partial charge on any atom is -0.366 e. The standard InChI is InChI=1S/C11H8NO2/c12-11(14)10-3-1-2-7-6-8(13)4-5-9(7)10/h1-6H,(H2,12,14). The molecule has 0 aliphatic rings. The summed E-state index contributed by atoms with van der Waals surface area (Å²) in [4.78, 5) is 11.0. The third kappa shape index (κ3) is 1.29. The van der Waals surface area contributed by atoms with Crippen molar-refractivity contribution in [2.45, 2.75) is 0 Å². The lowest BCUT2D eigenvalue weighted by atomic mass is 10.0. The Labute approximate surface area is 80.8 Å². The topological polar surface area (TPSA) is 63.0 Å². The molecule has 2 rings (SSSR count). The number of carbonyl (C=O) groups is 1. The number of carbonyl (C=O) groups excluding carboxylic acids is 1. The van der Waals surface area contributed by atoms with Gasteiger partial charge in [-0.15, -0.1) is 0 Å². The summed E-state index contributed by atoms with van der Waals surface area (Å²) >= 11 is 0. The fourth-order valence-electron chi connectivity index (χ4n) is 1.48. The summed E-state index contributed by atoms with van der Waals surface area (Å²) in [7, 11) is 0. The zero-order chi connectivity index (χ0) is 10.1. The van der Waals surface area contributed by atoms with Crippen LogP contribution in [0.1, 0.15) is 10.4 Å². The maximum atomic E-state index is 11.0. The third-order valence-corrected chi connectivity index (χ3v) is 2.12. The van der Waals surface area contributed by atoms with E-state index < -0.39 is 5.91 Å². The Morgan fingerprint density at radius 1 is 1.14 bits per heavy atom. The van der Waals surface area contributed by atoms with Crippen molar-refractivity contribution < 1.29 is 9.90 Å². The second kappa shape index (κ2) is 3.03. The Hall–Kier alpha value is -2.03. The molecule has 0 unspecified atom stereocenters. The Bertz CT molecular complexity index is 506. The van der Waals surface area contributed by atoms with Gasteiger partial charge in [-0.1, -0.05) is 12.1 Å². The maximum absolute atomic E-state index is 11.0. The van der Waals surface area contributed by atoms with Crippen LogP contribution in [0.3, 0.4) is 0 Å².